The summed E-state index contributed by atoms with van der Waals surface area (Å²) in [4.78, 5) is 42.2. The topological polar surface area (TPSA) is 75.7 Å². The molecule has 8 heteroatoms. The molecule has 2 saturated heterocycles. The predicted octanol–water partition coefficient (Wildman–Crippen LogP) is 3.44. The molecule has 4 atom stereocenters. The molecule has 158 valence electrons. The molecule has 4 rings (SSSR count). The number of fused-ring (bicyclic) bond motifs is 1. The van der Waals surface area contributed by atoms with Crippen LogP contribution in [0.2, 0.25) is 0 Å². The van der Waals surface area contributed by atoms with Crippen LogP contribution >= 0.6 is 11.3 Å². The highest BCUT2D eigenvalue weighted by atomic mass is 32.1. The molecule has 3 heterocycles. The van der Waals surface area contributed by atoms with Crippen LogP contribution in [0.4, 0.5) is 10.1 Å². The van der Waals surface area contributed by atoms with E-state index in [-0.39, 0.29) is 12.5 Å². The number of esters is 1. The third-order valence-electron chi connectivity index (χ3n) is 5.87. The van der Waals surface area contributed by atoms with Gasteiger partial charge >= 0.3 is 5.97 Å². The van der Waals surface area contributed by atoms with Gasteiger partial charge in [-0.25, -0.2) is 9.29 Å². The molecule has 2 aromatic rings. The summed E-state index contributed by atoms with van der Waals surface area (Å²) < 4.78 is 18.8. The van der Waals surface area contributed by atoms with Crippen molar-refractivity contribution < 1.29 is 23.5 Å². The molecule has 0 radical (unpaired) electrons. The van der Waals surface area contributed by atoms with Crippen molar-refractivity contribution in [1.29, 1.82) is 0 Å². The maximum atomic E-state index is 13.6. The second-order valence-electron chi connectivity index (χ2n) is 7.57. The van der Waals surface area contributed by atoms with E-state index in [4.69, 9.17) is 4.74 Å². The number of hydrogen-bond donors (Lipinski definition) is 1. The minimum absolute atomic E-state index is 0.177. The summed E-state index contributed by atoms with van der Waals surface area (Å²) in [6.07, 6.45) is 0.995. The summed E-state index contributed by atoms with van der Waals surface area (Å²) in [7, 11) is 0. The summed E-state index contributed by atoms with van der Waals surface area (Å²) in [5.74, 6) is -3.43. The number of benzene rings is 1. The zero-order chi connectivity index (χ0) is 21.5. The molecule has 1 aromatic carbocycles. The van der Waals surface area contributed by atoms with Crippen LogP contribution in [0.15, 0.2) is 41.8 Å². The minimum atomic E-state index is -1.29. The van der Waals surface area contributed by atoms with Gasteiger partial charge in [0.05, 0.1) is 30.2 Å². The minimum Gasteiger partial charge on any atom is -0.465 e. The molecule has 1 N–H and O–H groups in total. The summed E-state index contributed by atoms with van der Waals surface area (Å²) in [6, 6.07) is 8.53. The van der Waals surface area contributed by atoms with Gasteiger partial charge in [-0.2, -0.15) is 0 Å². The van der Waals surface area contributed by atoms with Crippen LogP contribution in [0.1, 0.15) is 37.6 Å². The highest BCUT2D eigenvalue weighted by molar-refractivity contribution is 7.10. The van der Waals surface area contributed by atoms with Gasteiger partial charge in [0, 0.05) is 4.88 Å². The van der Waals surface area contributed by atoms with Crippen molar-refractivity contribution in [3.63, 3.8) is 0 Å². The number of carbonyl (C=O) groups excluding carboxylic acids is 3. The second-order valence-corrected chi connectivity index (χ2v) is 8.55. The number of hydrogen-bond acceptors (Lipinski definition) is 6. The molecule has 0 aliphatic carbocycles. The quantitative estimate of drug-likeness (QED) is 0.561. The van der Waals surface area contributed by atoms with Crippen molar-refractivity contribution in [2.75, 3.05) is 11.5 Å². The van der Waals surface area contributed by atoms with Crippen molar-refractivity contribution in [2.24, 2.45) is 11.8 Å². The van der Waals surface area contributed by atoms with Gasteiger partial charge in [-0.15, -0.1) is 11.3 Å². The lowest BCUT2D eigenvalue weighted by atomic mass is 9.77. The number of amides is 2. The van der Waals surface area contributed by atoms with Crippen LogP contribution in [-0.4, -0.2) is 29.9 Å². The lowest BCUT2D eigenvalue weighted by molar-refractivity contribution is -0.155. The standard InChI is InChI=1S/C22H23FN2O4S/c1-3-11-22(21(28)29-4-2)17-16(18(24-22)15-6-5-12-30-15)19(26)25(20(17)27)14-9-7-13(23)8-10-14/h5-10,12,16-18,24H,3-4,11H2,1-2H3/t16-,17+,18-,22+/m0/s1. The Morgan fingerprint density at radius 2 is 1.93 bits per heavy atom. The smallest absolute Gasteiger partial charge is 0.327 e. The van der Waals surface area contributed by atoms with E-state index >= 15 is 0 Å². The van der Waals surface area contributed by atoms with Crippen LogP contribution in [0.25, 0.3) is 0 Å². The highest BCUT2D eigenvalue weighted by Gasteiger charge is 2.68. The molecule has 0 bridgehead atoms. The SMILES string of the molecule is CCC[C@@]1(C(=O)OCC)N[C@@H](c2cccs2)[C@H]2C(=O)N(c3ccc(F)cc3)C(=O)[C@@H]21. The van der Waals surface area contributed by atoms with Crippen molar-refractivity contribution in [3.05, 3.63) is 52.5 Å². The van der Waals surface area contributed by atoms with E-state index in [0.717, 1.165) is 9.78 Å². The molecule has 2 aliphatic heterocycles. The van der Waals surface area contributed by atoms with Gasteiger partial charge in [-0.05, 0) is 49.1 Å². The van der Waals surface area contributed by atoms with Crippen LogP contribution in [0.3, 0.4) is 0 Å². The maximum absolute atomic E-state index is 13.6. The average Bonchev–Trinajstić information content (AvgIpc) is 3.41. The average molecular weight is 431 g/mol. The molecule has 2 fully saturated rings. The van der Waals surface area contributed by atoms with E-state index in [1.807, 2.05) is 24.4 Å². The molecule has 0 saturated carbocycles. The predicted molar refractivity (Wildman–Crippen MR) is 110 cm³/mol. The van der Waals surface area contributed by atoms with Crippen LogP contribution in [0.5, 0.6) is 0 Å². The number of nitrogens with one attached hydrogen (secondary N) is 1. The Hall–Kier alpha value is -2.58. The number of halogens is 1. The molecule has 30 heavy (non-hydrogen) atoms. The Bertz CT molecular complexity index is 962. The van der Waals surface area contributed by atoms with Gasteiger partial charge in [0.15, 0.2) is 0 Å². The second kappa shape index (κ2) is 7.92. The van der Waals surface area contributed by atoms with Crippen LogP contribution in [0, 0.1) is 17.7 Å². The molecular weight excluding hydrogens is 407 g/mol. The van der Waals surface area contributed by atoms with Gasteiger partial charge < -0.3 is 4.74 Å². The van der Waals surface area contributed by atoms with Crippen LogP contribution < -0.4 is 10.2 Å². The molecular formula is C22H23FN2O4S. The Labute approximate surface area is 178 Å². The third kappa shape index (κ3) is 3.06. The van der Waals surface area contributed by atoms with E-state index in [1.165, 1.54) is 35.6 Å². The highest BCUT2D eigenvalue weighted by Crippen LogP contribution is 2.52. The van der Waals surface area contributed by atoms with E-state index in [2.05, 4.69) is 5.32 Å². The first-order valence-electron chi connectivity index (χ1n) is 10.1. The zero-order valence-corrected chi connectivity index (χ0v) is 17.6. The number of anilines is 1. The Morgan fingerprint density at radius 3 is 2.53 bits per heavy atom. The van der Waals surface area contributed by atoms with Crippen molar-refractivity contribution in [1.82, 2.24) is 5.32 Å². The Balaban J connectivity index is 1.84. The van der Waals surface area contributed by atoms with Gasteiger partial charge in [-0.1, -0.05) is 19.4 Å². The normalized spacial score (nSPS) is 28.1. The van der Waals surface area contributed by atoms with E-state index in [0.29, 0.717) is 18.5 Å². The number of nitrogens with zero attached hydrogens (tertiary/aromatic N) is 1. The monoisotopic (exact) mass is 430 g/mol. The summed E-state index contributed by atoms with van der Waals surface area (Å²) in [5, 5.41) is 5.24. The third-order valence-corrected chi connectivity index (χ3v) is 6.83. The van der Waals surface area contributed by atoms with Gasteiger partial charge in [0.2, 0.25) is 11.8 Å². The van der Waals surface area contributed by atoms with Gasteiger partial charge in [-0.3, -0.25) is 19.7 Å². The number of thiophene rings is 1. The zero-order valence-electron chi connectivity index (χ0n) is 16.8. The number of imide groups is 1. The van der Waals surface area contributed by atoms with Crippen LogP contribution in [-0.2, 0) is 19.1 Å². The molecule has 2 amide bonds. The lowest BCUT2D eigenvalue weighted by Gasteiger charge is -2.32. The van der Waals surface area contributed by atoms with Crippen molar-refractivity contribution in [2.45, 2.75) is 38.3 Å². The molecule has 1 aromatic heterocycles. The fraction of sp³-hybridized carbons (Fsp3) is 0.409. The van der Waals surface area contributed by atoms with E-state index in [9.17, 15) is 18.8 Å². The fourth-order valence-electron chi connectivity index (χ4n) is 4.73. The first-order chi connectivity index (χ1) is 14.4. The van der Waals surface area contributed by atoms with Crippen molar-refractivity contribution in [3.8, 4) is 0 Å². The first kappa shape index (κ1) is 20.7. The first-order valence-corrected chi connectivity index (χ1v) is 10.9. The number of carbonyl (C=O) groups is 3. The van der Waals surface area contributed by atoms with Gasteiger partial charge in [0.1, 0.15) is 11.4 Å². The maximum Gasteiger partial charge on any atom is 0.327 e. The lowest BCUT2D eigenvalue weighted by Crippen LogP contribution is -2.56. The summed E-state index contributed by atoms with van der Waals surface area (Å²) in [6.45, 7) is 3.82. The summed E-state index contributed by atoms with van der Waals surface area (Å²) in [5.41, 5.74) is -0.981. The Kier molecular flexibility index (Phi) is 5.46. The summed E-state index contributed by atoms with van der Waals surface area (Å²) >= 11 is 1.47. The number of rotatable bonds is 6. The Morgan fingerprint density at radius 1 is 1.20 bits per heavy atom. The van der Waals surface area contributed by atoms with E-state index in [1.54, 1.807) is 6.92 Å². The molecule has 2 aliphatic rings. The number of ether oxygens (including phenoxy) is 1. The molecule has 6 nitrogen and oxygen atoms in total. The van der Waals surface area contributed by atoms with Gasteiger partial charge in [0.25, 0.3) is 0 Å². The molecule has 0 spiro atoms. The van der Waals surface area contributed by atoms with Crippen molar-refractivity contribution >= 4 is 34.8 Å². The molecule has 0 unspecified atom stereocenters. The fourth-order valence-corrected chi connectivity index (χ4v) is 5.56. The van der Waals surface area contributed by atoms with E-state index < -0.39 is 41.1 Å². The largest absolute Gasteiger partial charge is 0.465 e.